The quantitative estimate of drug-likeness (QED) is 0.762. The molecular weight excluding hydrogens is 282 g/mol. The van der Waals surface area contributed by atoms with Crippen molar-refractivity contribution in [3.63, 3.8) is 0 Å². The van der Waals surface area contributed by atoms with Crippen LogP contribution in [0.5, 0.6) is 0 Å². The molecule has 0 saturated heterocycles. The lowest BCUT2D eigenvalue weighted by Gasteiger charge is -2.13. The zero-order valence-corrected chi connectivity index (χ0v) is 13.3. The minimum atomic E-state index is -2.94. The van der Waals surface area contributed by atoms with Crippen LogP contribution in [0.3, 0.4) is 0 Å². The van der Waals surface area contributed by atoms with Crippen molar-refractivity contribution < 1.29 is 8.42 Å². The standard InChI is InChI=1S/C12H21N3O2S2/c1-4-9-10(8-13)12(15-14-11(9)5-2)18-6-7-19(3,16)17/h4-8,13H2,1-3H3. The van der Waals surface area contributed by atoms with Crippen LogP contribution in [0.25, 0.3) is 0 Å². The monoisotopic (exact) mass is 303 g/mol. The Kier molecular flexibility index (Phi) is 6.22. The van der Waals surface area contributed by atoms with E-state index in [1.807, 2.05) is 6.92 Å². The average Bonchev–Trinajstić information content (AvgIpc) is 2.36. The van der Waals surface area contributed by atoms with Gasteiger partial charge >= 0.3 is 0 Å². The van der Waals surface area contributed by atoms with E-state index in [4.69, 9.17) is 5.73 Å². The SMILES string of the molecule is CCc1nnc(SCCS(C)(=O)=O)c(CN)c1CC. The molecule has 0 unspecified atom stereocenters. The van der Waals surface area contributed by atoms with Crippen LogP contribution in [0.2, 0.25) is 0 Å². The summed E-state index contributed by atoms with van der Waals surface area (Å²) in [6.45, 7) is 4.52. The molecule has 1 rings (SSSR count). The summed E-state index contributed by atoms with van der Waals surface area (Å²) in [5.41, 5.74) is 8.95. The first-order valence-corrected chi connectivity index (χ1v) is 9.35. The zero-order valence-electron chi connectivity index (χ0n) is 11.6. The van der Waals surface area contributed by atoms with Gasteiger partial charge in [-0.05, 0) is 18.4 Å². The minimum absolute atomic E-state index is 0.139. The second-order valence-corrected chi connectivity index (χ2v) is 7.64. The molecule has 0 bridgehead atoms. The molecule has 19 heavy (non-hydrogen) atoms. The van der Waals surface area contributed by atoms with Crippen molar-refractivity contribution in [1.29, 1.82) is 0 Å². The third-order valence-electron chi connectivity index (χ3n) is 2.82. The summed E-state index contributed by atoms with van der Waals surface area (Å²) in [6, 6.07) is 0. The highest BCUT2D eigenvalue weighted by molar-refractivity contribution is 8.00. The van der Waals surface area contributed by atoms with Crippen LogP contribution in [-0.4, -0.2) is 36.4 Å². The van der Waals surface area contributed by atoms with Gasteiger partial charge in [0, 0.05) is 24.1 Å². The number of nitrogens with two attached hydrogens (primary N) is 1. The van der Waals surface area contributed by atoms with Gasteiger partial charge in [0.1, 0.15) is 14.9 Å². The third kappa shape index (κ3) is 4.74. The second kappa shape index (κ2) is 7.21. The third-order valence-corrected chi connectivity index (χ3v) is 5.03. The van der Waals surface area contributed by atoms with Gasteiger partial charge < -0.3 is 5.73 Å². The molecule has 1 aromatic heterocycles. The fraction of sp³-hybridized carbons (Fsp3) is 0.667. The molecule has 108 valence electrons. The topological polar surface area (TPSA) is 85.9 Å². The molecule has 0 amide bonds. The Morgan fingerprint density at radius 1 is 1.16 bits per heavy atom. The number of rotatable bonds is 7. The summed E-state index contributed by atoms with van der Waals surface area (Å²) in [4.78, 5) is 0. The predicted octanol–water partition coefficient (Wildman–Crippen LogP) is 1.20. The zero-order chi connectivity index (χ0) is 14.5. The van der Waals surface area contributed by atoms with Crippen LogP contribution in [0.4, 0.5) is 0 Å². The van der Waals surface area contributed by atoms with Crippen molar-refractivity contribution in [2.45, 2.75) is 38.3 Å². The van der Waals surface area contributed by atoms with Crippen LogP contribution in [0, 0.1) is 0 Å². The van der Waals surface area contributed by atoms with Crippen LogP contribution >= 0.6 is 11.8 Å². The Labute approximate surface area is 119 Å². The summed E-state index contributed by atoms with van der Waals surface area (Å²) in [6.07, 6.45) is 2.93. The first-order valence-electron chi connectivity index (χ1n) is 6.30. The van der Waals surface area contributed by atoms with Gasteiger partial charge in [0.2, 0.25) is 0 Å². The summed E-state index contributed by atoms with van der Waals surface area (Å²) in [7, 11) is -2.94. The van der Waals surface area contributed by atoms with Crippen LogP contribution in [0.15, 0.2) is 5.03 Å². The summed E-state index contributed by atoms with van der Waals surface area (Å²) in [5.74, 6) is 0.621. The highest BCUT2D eigenvalue weighted by Crippen LogP contribution is 2.25. The molecule has 0 fully saturated rings. The molecule has 2 N–H and O–H groups in total. The summed E-state index contributed by atoms with van der Waals surface area (Å²) >= 11 is 1.41. The maximum Gasteiger partial charge on any atom is 0.148 e. The minimum Gasteiger partial charge on any atom is -0.326 e. The number of sulfone groups is 1. The molecule has 0 aliphatic carbocycles. The van der Waals surface area contributed by atoms with Crippen molar-refractivity contribution in [3.05, 3.63) is 16.8 Å². The Morgan fingerprint density at radius 3 is 2.32 bits per heavy atom. The van der Waals surface area contributed by atoms with Crippen LogP contribution in [-0.2, 0) is 29.2 Å². The second-order valence-electron chi connectivity index (χ2n) is 4.30. The Hall–Kier alpha value is -0.660. The lowest BCUT2D eigenvalue weighted by Crippen LogP contribution is -2.11. The Balaban J connectivity index is 2.95. The smallest absolute Gasteiger partial charge is 0.148 e. The Morgan fingerprint density at radius 2 is 1.84 bits per heavy atom. The predicted molar refractivity (Wildman–Crippen MR) is 79.1 cm³/mol. The largest absolute Gasteiger partial charge is 0.326 e. The normalized spacial score (nSPS) is 11.8. The lowest BCUT2D eigenvalue weighted by molar-refractivity contribution is 0.603. The van der Waals surface area contributed by atoms with E-state index in [0.717, 1.165) is 34.7 Å². The van der Waals surface area contributed by atoms with Crippen molar-refractivity contribution in [2.75, 3.05) is 17.8 Å². The highest BCUT2D eigenvalue weighted by Gasteiger charge is 2.14. The fourth-order valence-electron chi connectivity index (χ4n) is 1.85. The maximum atomic E-state index is 11.1. The number of thioether (sulfide) groups is 1. The van der Waals surface area contributed by atoms with Crippen molar-refractivity contribution >= 4 is 21.6 Å². The molecule has 0 atom stereocenters. The summed E-state index contributed by atoms with van der Waals surface area (Å²) < 4.78 is 22.3. The molecule has 5 nitrogen and oxygen atoms in total. The molecule has 0 saturated carbocycles. The van der Waals surface area contributed by atoms with Gasteiger partial charge in [-0.1, -0.05) is 13.8 Å². The van der Waals surface area contributed by atoms with Crippen LogP contribution < -0.4 is 5.73 Å². The molecule has 1 aromatic rings. The van der Waals surface area contributed by atoms with E-state index in [2.05, 4.69) is 17.1 Å². The van der Waals surface area contributed by atoms with E-state index >= 15 is 0 Å². The van der Waals surface area contributed by atoms with Crippen molar-refractivity contribution in [2.24, 2.45) is 5.73 Å². The lowest BCUT2D eigenvalue weighted by atomic mass is 10.0. The van der Waals surface area contributed by atoms with Gasteiger partial charge in [-0.25, -0.2) is 8.42 Å². The van der Waals surface area contributed by atoms with E-state index in [1.54, 1.807) is 0 Å². The van der Waals surface area contributed by atoms with Gasteiger partial charge in [0.05, 0.1) is 11.4 Å². The van der Waals surface area contributed by atoms with Crippen LogP contribution in [0.1, 0.15) is 30.7 Å². The number of nitrogens with zero attached hydrogens (tertiary/aromatic N) is 2. The van der Waals surface area contributed by atoms with Gasteiger partial charge in [0.25, 0.3) is 0 Å². The molecule has 7 heteroatoms. The highest BCUT2D eigenvalue weighted by atomic mass is 32.2. The average molecular weight is 303 g/mol. The van der Waals surface area contributed by atoms with Gasteiger partial charge in [-0.3, -0.25) is 0 Å². The molecule has 0 spiro atoms. The van der Waals surface area contributed by atoms with E-state index in [9.17, 15) is 8.42 Å². The molecule has 0 radical (unpaired) electrons. The fourth-order valence-corrected chi connectivity index (χ4v) is 4.06. The maximum absolute atomic E-state index is 11.1. The summed E-state index contributed by atoms with van der Waals surface area (Å²) in [5, 5.41) is 9.17. The van der Waals surface area contributed by atoms with E-state index in [0.29, 0.717) is 12.3 Å². The van der Waals surface area contributed by atoms with E-state index in [-0.39, 0.29) is 5.75 Å². The van der Waals surface area contributed by atoms with Gasteiger partial charge in [0.15, 0.2) is 0 Å². The van der Waals surface area contributed by atoms with E-state index < -0.39 is 9.84 Å². The van der Waals surface area contributed by atoms with Crippen molar-refractivity contribution in [3.8, 4) is 0 Å². The number of hydrogen-bond acceptors (Lipinski definition) is 6. The molecule has 1 heterocycles. The first kappa shape index (κ1) is 16.4. The van der Waals surface area contributed by atoms with Gasteiger partial charge in [-0.2, -0.15) is 5.10 Å². The number of aryl methyl sites for hydroxylation is 1. The van der Waals surface area contributed by atoms with Gasteiger partial charge in [-0.15, -0.1) is 16.9 Å². The first-order chi connectivity index (χ1) is 8.92. The molecule has 0 aliphatic rings. The van der Waals surface area contributed by atoms with E-state index in [1.165, 1.54) is 18.0 Å². The van der Waals surface area contributed by atoms with Crippen molar-refractivity contribution in [1.82, 2.24) is 10.2 Å². The number of aromatic nitrogens is 2. The molecular formula is C12H21N3O2S2. The molecule has 0 aromatic carbocycles. The molecule has 0 aliphatic heterocycles. The number of hydrogen-bond donors (Lipinski definition) is 1. The Bertz CT molecular complexity index is 530.